The van der Waals surface area contributed by atoms with Crippen molar-refractivity contribution in [2.75, 3.05) is 0 Å². The summed E-state index contributed by atoms with van der Waals surface area (Å²) in [5.74, 6) is 0. The van der Waals surface area contributed by atoms with Crippen LogP contribution in [0.4, 0.5) is 0 Å². The molecule has 0 aromatic carbocycles. The molecule has 0 fully saturated rings. The lowest BCUT2D eigenvalue weighted by atomic mass is 10.8. The van der Waals surface area contributed by atoms with Crippen LogP contribution in [0.5, 0.6) is 0 Å². The van der Waals surface area contributed by atoms with Crippen LogP contribution < -0.4 is 17.1 Å². The van der Waals surface area contributed by atoms with Crippen molar-refractivity contribution in [2.45, 2.75) is 0 Å². The Hall–Kier alpha value is -0.800. The van der Waals surface area contributed by atoms with Crippen LogP contribution in [-0.4, -0.2) is 14.5 Å². The number of nitrogens with zero attached hydrogens (tertiary/aromatic N) is 1. The van der Waals surface area contributed by atoms with Gasteiger partial charge in [0.25, 0.3) is 0 Å². The summed E-state index contributed by atoms with van der Waals surface area (Å²) < 4.78 is 0.888. The van der Waals surface area contributed by atoms with Crippen molar-refractivity contribution in [1.29, 1.82) is 0 Å². The summed E-state index contributed by atoms with van der Waals surface area (Å²) in [5.41, 5.74) is -2.23. The molecule has 0 bridgehead atoms. The molecule has 74 valence electrons. The molecule has 0 aliphatic carbocycles. The Kier molecular flexibility index (Phi) is 2.61. The van der Waals surface area contributed by atoms with Gasteiger partial charge in [0.1, 0.15) is 5.03 Å². The molecular formula is C5H3N3O3S3. The van der Waals surface area contributed by atoms with E-state index in [9.17, 15) is 14.4 Å². The summed E-state index contributed by atoms with van der Waals surface area (Å²) in [6.07, 6.45) is 0. The van der Waals surface area contributed by atoms with E-state index in [2.05, 4.69) is 0 Å². The average Bonchev–Trinajstić information content (AvgIpc) is 2.54. The maximum Gasteiger partial charge on any atom is 0.338 e. The highest BCUT2D eigenvalue weighted by Crippen LogP contribution is 2.49. The zero-order valence-electron chi connectivity index (χ0n) is 6.47. The molecule has 2 rings (SSSR count). The van der Waals surface area contributed by atoms with E-state index in [4.69, 9.17) is 0 Å². The summed E-state index contributed by atoms with van der Waals surface area (Å²) in [6.45, 7) is 0. The van der Waals surface area contributed by atoms with E-state index in [1.807, 2.05) is 9.97 Å². The Morgan fingerprint density at radius 3 is 2.29 bits per heavy atom. The molecular weight excluding hydrogens is 246 g/mol. The lowest BCUT2D eigenvalue weighted by Gasteiger charge is -1.99. The minimum Gasteiger partial charge on any atom is -0.258 e. The second kappa shape index (κ2) is 3.75. The van der Waals surface area contributed by atoms with Crippen molar-refractivity contribution < 1.29 is 0 Å². The maximum absolute atomic E-state index is 11.3. The molecule has 0 unspecified atom stereocenters. The molecule has 6 nitrogen and oxygen atoms in total. The topological polar surface area (TPSA) is 87.7 Å². The predicted molar refractivity (Wildman–Crippen MR) is 59.0 cm³/mol. The van der Waals surface area contributed by atoms with Crippen LogP contribution in [0.15, 0.2) is 19.8 Å². The van der Waals surface area contributed by atoms with E-state index in [0.29, 0.717) is 5.03 Å². The van der Waals surface area contributed by atoms with Crippen molar-refractivity contribution in [3.8, 4) is 0 Å². The highest BCUT2D eigenvalue weighted by Gasteiger charge is 2.14. The van der Waals surface area contributed by atoms with E-state index < -0.39 is 17.1 Å². The van der Waals surface area contributed by atoms with Crippen molar-refractivity contribution >= 4 is 36.4 Å². The normalized spacial score (nSPS) is 15.6. The van der Waals surface area contributed by atoms with Gasteiger partial charge in [0.15, 0.2) is 0 Å². The van der Waals surface area contributed by atoms with Crippen molar-refractivity contribution in [3.63, 3.8) is 0 Å². The largest absolute Gasteiger partial charge is 0.338 e. The van der Waals surface area contributed by atoms with Gasteiger partial charge in [-0.15, -0.1) is 0 Å². The molecule has 1 aromatic rings. The van der Waals surface area contributed by atoms with Gasteiger partial charge < -0.3 is 0 Å². The van der Waals surface area contributed by atoms with Crippen LogP contribution in [0.1, 0.15) is 0 Å². The fourth-order valence-corrected chi connectivity index (χ4v) is 4.55. The third-order valence-electron chi connectivity index (χ3n) is 1.38. The number of nitrogens with one attached hydrogen (secondary N) is 2. The summed E-state index contributed by atoms with van der Waals surface area (Å²) in [5, 5.41) is 2.17. The van der Waals surface area contributed by atoms with Gasteiger partial charge in [0, 0.05) is 5.41 Å². The molecule has 1 aliphatic rings. The van der Waals surface area contributed by atoms with E-state index >= 15 is 0 Å². The highest BCUT2D eigenvalue weighted by molar-refractivity contribution is 9.12. The molecule has 2 N–H and O–H groups in total. The minimum atomic E-state index is -0.792. The first-order valence-corrected chi connectivity index (χ1v) is 6.89. The average molecular weight is 249 g/mol. The van der Waals surface area contributed by atoms with Crippen LogP contribution >= 0.6 is 31.4 Å². The highest BCUT2D eigenvalue weighted by atomic mass is 33.5. The number of hydrogen-bond donors (Lipinski definition) is 2. The van der Waals surface area contributed by atoms with E-state index in [0.717, 1.165) is 4.57 Å². The molecule has 0 spiro atoms. The number of rotatable bonds is 1. The first-order valence-electron chi connectivity index (χ1n) is 3.35. The lowest BCUT2D eigenvalue weighted by molar-refractivity contribution is 0.809. The van der Waals surface area contributed by atoms with Gasteiger partial charge in [0.2, 0.25) is 0 Å². The zero-order chi connectivity index (χ0) is 10.1. The molecule has 0 amide bonds. The zero-order valence-corrected chi connectivity index (χ0v) is 8.92. The van der Waals surface area contributed by atoms with Crippen molar-refractivity contribution in [3.05, 3.63) is 36.9 Å². The number of hydrogen-bond acceptors (Lipinski definition) is 6. The monoisotopic (exact) mass is 249 g/mol. The molecule has 14 heavy (non-hydrogen) atoms. The van der Waals surface area contributed by atoms with Gasteiger partial charge in [0.05, 0.1) is 0 Å². The Morgan fingerprint density at radius 1 is 1.14 bits per heavy atom. The maximum atomic E-state index is 11.3. The molecule has 0 atom stereocenters. The quantitative estimate of drug-likeness (QED) is 0.682. The fourth-order valence-electron chi connectivity index (χ4n) is 0.855. The van der Waals surface area contributed by atoms with Crippen molar-refractivity contribution in [2.24, 2.45) is 0 Å². The van der Waals surface area contributed by atoms with E-state index in [1.54, 1.807) is 5.41 Å². The van der Waals surface area contributed by atoms with Crippen LogP contribution in [-0.2, 0) is 0 Å². The molecule has 0 radical (unpaired) electrons. The number of aromatic amines is 2. The Bertz CT molecular complexity index is 519. The first-order chi connectivity index (χ1) is 6.68. The van der Waals surface area contributed by atoms with Crippen LogP contribution in [0, 0.1) is 0 Å². The molecule has 0 saturated heterocycles. The molecule has 9 heteroatoms. The van der Waals surface area contributed by atoms with Gasteiger partial charge in [-0.3, -0.25) is 9.97 Å². The van der Waals surface area contributed by atoms with Gasteiger partial charge in [-0.1, -0.05) is 10.8 Å². The summed E-state index contributed by atoms with van der Waals surface area (Å²) in [4.78, 5) is 37.2. The number of H-pyrrole nitrogens is 2. The van der Waals surface area contributed by atoms with Gasteiger partial charge >= 0.3 is 17.1 Å². The summed E-state index contributed by atoms with van der Waals surface area (Å²) in [7, 11) is 4.14. The summed E-state index contributed by atoms with van der Waals surface area (Å²) >= 11 is 0. The number of aromatic nitrogens is 3. The Morgan fingerprint density at radius 2 is 1.79 bits per heavy atom. The smallest absolute Gasteiger partial charge is 0.258 e. The minimum absolute atomic E-state index is 0.502. The van der Waals surface area contributed by atoms with Crippen LogP contribution in [0.2, 0.25) is 0 Å². The Labute approximate surface area is 88.0 Å². The van der Waals surface area contributed by atoms with Crippen LogP contribution in [0.3, 0.4) is 0 Å². The fraction of sp³-hybridized carbons (Fsp3) is 0. The predicted octanol–water partition coefficient (Wildman–Crippen LogP) is 0.0240. The second-order valence-corrected chi connectivity index (χ2v) is 6.09. The van der Waals surface area contributed by atoms with Gasteiger partial charge in [-0.25, -0.2) is 19.0 Å². The van der Waals surface area contributed by atoms with E-state index in [-0.39, 0.29) is 0 Å². The van der Waals surface area contributed by atoms with Crippen molar-refractivity contribution in [1.82, 2.24) is 14.5 Å². The SMILES string of the molecule is O=c1[nH]c(=O)n(C2=CSSS2)c(=O)[nH]1. The molecule has 0 saturated carbocycles. The lowest BCUT2D eigenvalue weighted by Crippen LogP contribution is -2.42. The van der Waals surface area contributed by atoms with Gasteiger partial charge in [-0.05, 0) is 20.6 Å². The van der Waals surface area contributed by atoms with Gasteiger partial charge in [-0.2, -0.15) is 0 Å². The third-order valence-corrected chi connectivity index (χ3v) is 5.02. The Balaban J connectivity index is 2.70. The first kappa shape index (κ1) is 9.74. The third kappa shape index (κ3) is 1.70. The standard InChI is InChI=1S/C5H3N3O3S3/c9-3-6-4(10)8(5(11)7-3)2-1-12-14-13-2/h1H,(H2,6,7,9,10,11). The second-order valence-electron chi connectivity index (χ2n) is 2.23. The van der Waals surface area contributed by atoms with E-state index in [1.165, 1.54) is 31.4 Å². The molecule has 1 aromatic heterocycles. The molecule has 2 heterocycles. The summed E-state index contributed by atoms with van der Waals surface area (Å²) in [6, 6.07) is 0. The van der Waals surface area contributed by atoms with Crippen LogP contribution in [0.25, 0.3) is 5.03 Å². The molecule has 1 aliphatic heterocycles.